The standard InChI is InChI=1S/C17H20N4O3/c1-10-7-13(11-3-2-6-19-8-11)24-17(23)15(10)16(22)21-12-4-5-14(18)20-9-12/h4-5,7,9,11,19H,2-3,6,8H2,1H3,(H2,18,20)(H,21,22). The number of nitrogens with zero attached hydrogens (tertiary/aromatic N) is 1. The van der Waals surface area contributed by atoms with Gasteiger partial charge >= 0.3 is 5.63 Å². The maximum absolute atomic E-state index is 12.4. The Bertz CT molecular complexity index is 792. The van der Waals surface area contributed by atoms with E-state index in [-0.39, 0.29) is 11.5 Å². The van der Waals surface area contributed by atoms with Crippen LogP contribution in [0, 0.1) is 6.92 Å². The van der Waals surface area contributed by atoms with Gasteiger partial charge in [-0.15, -0.1) is 0 Å². The lowest BCUT2D eigenvalue weighted by molar-refractivity contribution is 0.102. The van der Waals surface area contributed by atoms with Crippen LogP contribution in [0.1, 0.15) is 40.4 Å². The first-order valence-electron chi connectivity index (χ1n) is 7.93. The average Bonchev–Trinajstić information content (AvgIpc) is 2.57. The highest BCUT2D eigenvalue weighted by molar-refractivity contribution is 6.04. The van der Waals surface area contributed by atoms with Gasteiger partial charge in [0, 0.05) is 12.5 Å². The number of aromatic nitrogens is 1. The largest absolute Gasteiger partial charge is 0.427 e. The maximum atomic E-state index is 12.4. The molecule has 1 aliphatic rings. The van der Waals surface area contributed by atoms with Gasteiger partial charge in [-0.2, -0.15) is 0 Å². The van der Waals surface area contributed by atoms with Crippen LogP contribution in [0.15, 0.2) is 33.6 Å². The van der Waals surface area contributed by atoms with E-state index in [2.05, 4.69) is 15.6 Å². The minimum absolute atomic E-state index is 0.0133. The second-order valence-electron chi connectivity index (χ2n) is 5.96. The highest BCUT2D eigenvalue weighted by Crippen LogP contribution is 2.23. The normalized spacial score (nSPS) is 17.5. The Labute approximate surface area is 139 Å². The monoisotopic (exact) mass is 328 g/mol. The first-order chi connectivity index (χ1) is 11.5. The predicted molar refractivity (Wildman–Crippen MR) is 91.2 cm³/mol. The van der Waals surface area contributed by atoms with E-state index < -0.39 is 11.5 Å². The number of aryl methyl sites for hydroxylation is 1. The molecule has 0 bridgehead atoms. The van der Waals surface area contributed by atoms with Crippen molar-refractivity contribution in [2.24, 2.45) is 0 Å². The SMILES string of the molecule is Cc1cc(C2CCCNC2)oc(=O)c1C(=O)Nc1ccc(N)nc1. The Morgan fingerprint density at radius 3 is 2.92 bits per heavy atom. The number of amides is 1. The third kappa shape index (κ3) is 3.46. The first-order valence-corrected chi connectivity index (χ1v) is 7.93. The molecule has 3 rings (SSSR count). The molecule has 1 aliphatic heterocycles. The van der Waals surface area contributed by atoms with E-state index in [0.29, 0.717) is 22.8 Å². The Morgan fingerprint density at radius 2 is 2.29 bits per heavy atom. The van der Waals surface area contributed by atoms with Crippen molar-refractivity contribution in [3.63, 3.8) is 0 Å². The van der Waals surface area contributed by atoms with E-state index in [4.69, 9.17) is 10.2 Å². The van der Waals surface area contributed by atoms with Crippen LogP contribution in [-0.2, 0) is 0 Å². The summed E-state index contributed by atoms with van der Waals surface area (Å²) in [5.74, 6) is 0.647. The minimum Gasteiger partial charge on any atom is -0.427 e. The van der Waals surface area contributed by atoms with Crippen molar-refractivity contribution in [3.05, 3.63) is 51.7 Å². The van der Waals surface area contributed by atoms with E-state index in [1.165, 1.54) is 6.20 Å². The summed E-state index contributed by atoms with van der Waals surface area (Å²) in [6, 6.07) is 4.98. The van der Waals surface area contributed by atoms with Crippen LogP contribution in [0.5, 0.6) is 0 Å². The first kappa shape index (κ1) is 16.2. The molecule has 7 nitrogen and oxygen atoms in total. The van der Waals surface area contributed by atoms with Gasteiger partial charge in [-0.3, -0.25) is 4.79 Å². The van der Waals surface area contributed by atoms with Gasteiger partial charge < -0.3 is 20.8 Å². The molecule has 2 aromatic rings. The molecule has 3 heterocycles. The van der Waals surface area contributed by atoms with Crippen molar-refractivity contribution < 1.29 is 9.21 Å². The second-order valence-corrected chi connectivity index (χ2v) is 5.96. The number of hydrogen-bond acceptors (Lipinski definition) is 6. The summed E-state index contributed by atoms with van der Waals surface area (Å²) in [7, 11) is 0. The number of carbonyl (C=O) groups is 1. The number of carbonyl (C=O) groups excluding carboxylic acids is 1. The van der Waals surface area contributed by atoms with Crippen molar-refractivity contribution in [1.29, 1.82) is 0 Å². The Kier molecular flexibility index (Phi) is 4.61. The van der Waals surface area contributed by atoms with E-state index in [1.807, 2.05) is 0 Å². The maximum Gasteiger partial charge on any atom is 0.349 e. The van der Waals surface area contributed by atoms with Gasteiger partial charge in [-0.05, 0) is 50.1 Å². The van der Waals surface area contributed by atoms with Crippen molar-refractivity contribution in [2.45, 2.75) is 25.7 Å². The summed E-state index contributed by atoms with van der Waals surface area (Å²) in [4.78, 5) is 28.6. The number of rotatable bonds is 3. The van der Waals surface area contributed by atoms with Crippen LogP contribution in [0.2, 0.25) is 0 Å². The van der Waals surface area contributed by atoms with E-state index >= 15 is 0 Å². The van der Waals surface area contributed by atoms with Crippen molar-refractivity contribution in [2.75, 3.05) is 24.1 Å². The van der Waals surface area contributed by atoms with E-state index in [0.717, 1.165) is 25.9 Å². The summed E-state index contributed by atoms with van der Waals surface area (Å²) < 4.78 is 5.41. The number of pyridine rings is 1. The Hall–Kier alpha value is -2.67. The summed E-state index contributed by atoms with van der Waals surface area (Å²) in [6.45, 7) is 3.51. The lowest BCUT2D eigenvalue weighted by Crippen LogP contribution is -2.30. The molecule has 126 valence electrons. The molecule has 0 saturated carbocycles. The quantitative estimate of drug-likeness (QED) is 0.790. The Balaban J connectivity index is 1.83. The summed E-state index contributed by atoms with van der Waals surface area (Å²) in [6.07, 6.45) is 3.45. The number of nitrogens with two attached hydrogens (primary N) is 1. The van der Waals surface area contributed by atoms with E-state index in [9.17, 15) is 9.59 Å². The molecule has 0 aliphatic carbocycles. The van der Waals surface area contributed by atoms with Crippen LogP contribution in [0.4, 0.5) is 11.5 Å². The zero-order chi connectivity index (χ0) is 17.1. The molecule has 24 heavy (non-hydrogen) atoms. The smallest absolute Gasteiger partial charge is 0.349 e. The van der Waals surface area contributed by atoms with Crippen LogP contribution in [-0.4, -0.2) is 24.0 Å². The van der Waals surface area contributed by atoms with Crippen LogP contribution >= 0.6 is 0 Å². The number of nitrogen functional groups attached to an aromatic ring is 1. The van der Waals surface area contributed by atoms with Crippen LogP contribution < -0.4 is 22.0 Å². The number of anilines is 2. The molecule has 0 radical (unpaired) electrons. The highest BCUT2D eigenvalue weighted by Gasteiger charge is 2.22. The molecule has 0 aromatic carbocycles. The second kappa shape index (κ2) is 6.84. The molecule has 7 heteroatoms. The summed E-state index contributed by atoms with van der Waals surface area (Å²) >= 11 is 0. The summed E-state index contributed by atoms with van der Waals surface area (Å²) in [5.41, 5.74) is 5.98. The van der Waals surface area contributed by atoms with Gasteiger partial charge in [0.25, 0.3) is 5.91 Å². The Morgan fingerprint density at radius 1 is 1.46 bits per heavy atom. The molecular weight excluding hydrogens is 308 g/mol. The molecule has 2 aromatic heterocycles. The number of piperidine rings is 1. The van der Waals surface area contributed by atoms with Gasteiger partial charge in [-0.25, -0.2) is 9.78 Å². The van der Waals surface area contributed by atoms with Crippen LogP contribution in [0.25, 0.3) is 0 Å². The van der Waals surface area contributed by atoms with Crippen molar-refractivity contribution >= 4 is 17.4 Å². The average molecular weight is 328 g/mol. The third-order valence-corrected chi connectivity index (χ3v) is 4.14. The predicted octanol–water partition coefficient (Wildman–Crippen LogP) is 1.64. The fourth-order valence-corrected chi connectivity index (χ4v) is 2.87. The van der Waals surface area contributed by atoms with Gasteiger partial charge in [-0.1, -0.05) is 0 Å². The molecule has 0 spiro atoms. The van der Waals surface area contributed by atoms with Gasteiger partial charge in [0.1, 0.15) is 17.1 Å². The molecule has 1 fully saturated rings. The highest BCUT2D eigenvalue weighted by atomic mass is 16.4. The fourth-order valence-electron chi connectivity index (χ4n) is 2.87. The molecule has 1 unspecified atom stereocenters. The molecule has 1 atom stereocenters. The van der Waals surface area contributed by atoms with Crippen LogP contribution in [0.3, 0.4) is 0 Å². The minimum atomic E-state index is -0.614. The topological polar surface area (TPSA) is 110 Å². The third-order valence-electron chi connectivity index (χ3n) is 4.14. The van der Waals surface area contributed by atoms with Gasteiger partial charge in [0.05, 0.1) is 11.9 Å². The lowest BCUT2D eigenvalue weighted by atomic mass is 9.95. The summed E-state index contributed by atoms with van der Waals surface area (Å²) in [5, 5.41) is 5.93. The molecule has 4 N–H and O–H groups in total. The van der Waals surface area contributed by atoms with Crippen molar-refractivity contribution in [1.82, 2.24) is 10.3 Å². The molecular formula is C17H20N4O3. The van der Waals surface area contributed by atoms with Gasteiger partial charge in [0.15, 0.2) is 0 Å². The molecule has 1 saturated heterocycles. The number of hydrogen-bond donors (Lipinski definition) is 3. The fraction of sp³-hybridized carbons (Fsp3) is 0.353. The number of nitrogens with one attached hydrogen (secondary N) is 2. The van der Waals surface area contributed by atoms with Crippen molar-refractivity contribution in [3.8, 4) is 0 Å². The zero-order valence-corrected chi connectivity index (χ0v) is 13.5. The lowest BCUT2D eigenvalue weighted by Gasteiger charge is -2.22. The van der Waals surface area contributed by atoms with E-state index in [1.54, 1.807) is 25.1 Å². The zero-order valence-electron chi connectivity index (χ0n) is 13.5. The molecule has 1 amide bonds. The van der Waals surface area contributed by atoms with Gasteiger partial charge in [0.2, 0.25) is 0 Å².